The van der Waals surface area contributed by atoms with Crippen molar-refractivity contribution < 1.29 is 4.79 Å². The highest BCUT2D eigenvalue weighted by molar-refractivity contribution is 5.82. The molecule has 106 valence electrons. The fourth-order valence-electron chi connectivity index (χ4n) is 2.64. The van der Waals surface area contributed by atoms with Crippen LogP contribution in [0.1, 0.15) is 40.5 Å². The lowest BCUT2D eigenvalue weighted by Gasteiger charge is -2.38. The molecule has 0 radical (unpaired) electrons. The summed E-state index contributed by atoms with van der Waals surface area (Å²) in [5, 5.41) is 6.41. The van der Waals surface area contributed by atoms with Crippen molar-refractivity contribution in [2.45, 2.75) is 46.6 Å². The molecule has 0 saturated carbocycles. The number of carbonyl (C=O) groups excluding carboxylic acids is 1. The summed E-state index contributed by atoms with van der Waals surface area (Å²) in [5.41, 5.74) is 0.0670. The molecule has 1 saturated heterocycles. The van der Waals surface area contributed by atoms with Crippen molar-refractivity contribution in [3.63, 3.8) is 0 Å². The smallest absolute Gasteiger partial charge is 0.237 e. The van der Waals surface area contributed by atoms with Crippen molar-refractivity contribution in [1.29, 1.82) is 0 Å². The van der Waals surface area contributed by atoms with Crippen LogP contribution >= 0.6 is 0 Å². The Morgan fingerprint density at radius 3 is 2.61 bits per heavy atom. The van der Waals surface area contributed by atoms with Crippen molar-refractivity contribution in [3.05, 3.63) is 0 Å². The summed E-state index contributed by atoms with van der Waals surface area (Å²) in [6, 6.07) is -0.0389. The van der Waals surface area contributed by atoms with E-state index >= 15 is 0 Å². The molecule has 0 aliphatic carbocycles. The maximum atomic E-state index is 12.2. The first-order valence-corrected chi connectivity index (χ1v) is 7.24. The Bertz CT molecular complexity index is 262. The molecule has 18 heavy (non-hydrogen) atoms. The minimum atomic E-state index is -0.0389. The van der Waals surface area contributed by atoms with Crippen LogP contribution in [0.5, 0.6) is 0 Å². The maximum absolute atomic E-state index is 12.2. The number of hydrogen-bond donors (Lipinski definition) is 2. The van der Waals surface area contributed by atoms with E-state index in [1.54, 1.807) is 0 Å². The van der Waals surface area contributed by atoms with E-state index in [1.165, 1.54) is 0 Å². The second-order valence-electron chi connectivity index (χ2n) is 5.80. The van der Waals surface area contributed by atoms with Gasteiger partial charge < -0.3 is 15.5 Å². The molecule has 4 nitrogen and oxygen atoms in total. The Morgan fingerprint density at radius 1 is 1.39 bits per heavy atom. The fourth-order valence-corrected chi connectivity index (χ4v) is 2.64. The zero-order valence-electron chi connectivity index (χ0n) is 12.4. The minimum Gasteiger partial charge on any atom is -0.353 e. The second kappa shape index (κ2) is 7.10. The normalized spacial score (nSPS) is 23.1. The first kappa shape index (κ1) is 15.4. The first-order valence-electron chi connectivity index (χ1n) is 7.24. The fraction of sp³-hybridized carbons (Fsp3) is 0.929. The number of piperidine rings is 1. The summed E-state index contributed by atoms with van der Waals surface area (Å²) in [7, 11) is 0. The van der Waals surface area contributed by atoms with Crippen LogP contribution in [0.2, 0.25) is 0 Å². The van der Waals surface area contributed by atoms with Gasteiger partial charge in [0.15, 0.2) is 0 Å². The molecule has 1 rings (SSSR count). The molecule has 4 heteroatoms. The van der Waals surface area contributed by atoms with E-state index in [9.17, 15) is 4.79 Å². The Labute approximate surface area is 111 Å². The van der Waals surface area contributed by atoms with E-state index in [-0.39, 0.29) is 17.4 Å². The summed E-state index contributed by atoms with van der Waals surface area (Å²) < 4.78 is 0. The molecule has 0 aromatic carbocycles. The van der Waals surface area contributed by atoms with E-state index in [4.69, 9.17) is 0 Å². The zero-order chi connectivity index (χ0) is 13.6. The van der Waals surface area contributed by atoms with Gasteiger partial charge in [-0.05, 0) is 37.9 Å². The van der Waals surface area contributed by atoms with Crippen LogP contribution in [0.4, 0.5) is 0 Å². The lowest BCUT2D eigenvalue weighted by Crippen LogP contribution is -2.56. The number of hydrogen-bond acceptors (Lipinski definition) is 3. The van der Waals surface area contributed by atoms with Gasteiger partial charge in [0.2, 0.25) is 5.91 Å². The molecule has 1 heterocycles. The van der Waals surface area contributed by atoms with Gasteiger partial charge in [-0.3, -0.25) is 4.79 Å². The van der Waals surface area contributed by atoms with E-state index in [1.807, 2.05) is 0 Å². The lowest BCUT2D eigenvalue weighted by molar-refractivity contribution is -0.126. The molecule has 2 N–H and O–H groups in total. The van der Waals surface area contributed by atoms with E-state index in [0.717, 1.165) is 45.6 Å². The molecule has 0 bridgehead atoms. The van der Waals surface area contributed by atoms with Gasteiger partial charge in [-0.1, -0.05) is 27.7 Å². The molecule has 1 atom stereocenters. The van der Waals surface area contributed by atoms with Crippen LogP contribution in [-0.2, 0) is 4.79 Å². The molecule has 1 aliphatic heterocycles. The standard InChI is InChI=1S/C14H29N3O/c1-5-17(6-2)11-10-16-13(18)12-14(3,4)8-7-9-15-12/h12,15H,5-11H2,1-4H3,(H,16,18). The molecule has 1 fully saturated rings. The van der Waals surface area contributed by atoms with Crippen LogP contribution in [-0.4, -0.2) is 49.6 Å². The predicted octanol–water partition coefficient (Wildman–Crippen LogP) is 1.22. The van der Waals surface area contributed by atoms with Crippen LogP contribution in [0.15, 0.2) is 0 Å². The number of rotatable bonds is 6. The van der Waals surface area contributed by atoms with Crippen molar-refractivity contribution >= 4 is 5.91 Å². The molecule has 0 aromatic rings. The number of amides is 1. The highest BCUT2D eigenvalue weighted by Gasteiger charge is 2.36. The summed E-state index contributed by atoms with van der Waals surface area (Å²) in [6.07, 6.45) is 2.28. The van der Waals surface area contributed by atoms with Crippen LogP contribution in [0, 0.1) is 5.41 Å². The summed E-state index contributed by atoms with van der Waals surface area (Å²) in [4.78, 5) is 14.5. The number of nitrogens with zero attached hydrogens (tertiary/aromatic N) is 1. The van der Waals surface area contributed by atoms with Crippen molar-refractivity contribution in [1.82, 2.24) is 15.5 Å². The van der Waals surface area contributed by atoms with E-state index in [0.29, 0.717) is 0 Å². The average Bonchev–Trinajstić information content (AvgIpc) is 2.34. The zero-order valence-corrected chi connectivity index (χ0v) is 12.4. The largest absolute Gasteiger partial charge is 0.353 e. The van der Waals surface area contributed by atoms with Gasteiger partial charge in [-0.15, -0.1) is 0 Å². The van der Waals surface area contributed by atoms with Gasteiger partial charge in [0, 0.05) is 13.1 Å². The van der Waals surface area contributed by atoms with Crippen LogP contribution < -0.4 is 10.6 Å². The number of nitrogens with one attached hydrogen (secondary N) is 2. The van der Waals surface area contributed by atoms with Gasteiger partial charge in [0.25, 0.3) is 0 Å². The first-order chi connectivity index (χ1) is 8.51. The molecule has 0 aromatic heterocycles. The van der Waals surface area contributed by atoms with Crippen LogP contribution in [0.3, 0.4) is 0 Å². The van der Waals surface area contributed by atoms with Gasteiger partial charge in [0.1, 0.15) is 0 Å². The second-order valence-corrected chi connectivity index (χ2v) is 5.80. The predicted molar refractivity (Wildman–Crippen MR) is 75.6 cm³/mol. The van der Waals surface area contributed by atoms with Gasteiger partial charge in [-0.25, -0.2) is 0 Å². The highest BCUT2D eigenvalue weighted by atomic mass is 16.2. The monoisotopic (exact) mass is 255 g/mol. The lowest BCUT2D eigenvalue weighted by atomic mass is 9.77. The summed E-state index contributed by atoms with van der Waals surface area (Å²) in [6.45, 7) is 13.4. The van der Waals surface area contributed by atoms with Gasteiger partial charge >= 0.3 is 0 Å². The molecule has 0 spiro atoms. The molecule has 1 aliphatic rings. The summed E-state index contributed by atoms with van der Waals surface area (Å²) in [5.74, 6) is 0.159. The Balaban J connectivity index is 2.35. The average molecular weight is 255 g/mol. The third-order valence-electron chi connectivity index (χ3n) is 4.01. The Hall–Kier alpha value is -0.610. The Morgan fingerprint density at radius 2 is 2.06 bits per heavy atom. The highest BCUT2D eigenvalue weighted by Crippen LogP contribution is 2.29. The molecular formula is C14H29N3O. The van der Waals surface area contributed by atoms with E-state index < -0.39 is 0 Å². The summed E-state index contributed by atoms with van der Waals surface area (Å²) >= 11 is 0. The van der Waals surface area contributed by atoms with Crippen molar-refractivity contribution in [2.24, 2.45) is 5.41 Å². The van der Waals surface area contributed by atoms with Gasteiger partial charge in [0.05, 0.1) is 6.04 Å². The molecule has 1 unspecified atom stereocenters. The number of likely N-dealkylation sites (N-methyl/N-ethyl adjacent to an activating group) is 1. The van der Waals surface area contributed by atoms with Crippen LogP contribution in [0.25, 0.3) is 0 Å². The third kappa shape index (κ3) is 4.25. The minimum absolute atomic E-state index is 0.0389. The molecule has 1 amide bonds. The SMILES string of the molecule is CCN(CC)CCNC(=O)C1NCCCC1(C)C. The van der Waals surface area contributed by atoms with E-state index in [2.05, 4.69) is 43.2 Å². The molecular weight excluding hydrogens is 226 g/mol. The number of carbonyl (C=O) groups is 1. The Kier molecular flexibility index (Phi) is 6.09. The van der Waals surface area contributed by atoms with Crippen molar-refractivity contribution in [2.75, 3.05) is 32.7 Å². The third-order valence-corrected chi connectivity index (χ3v) is 4.01. The van der Waals surface area contributed by atoms with Gasteiger partial charge in [-0.2, -0.15) is 0 Å². The maximum Gasteiger partial charge on any atom is 0.237 e. The van der Waals surface area contributed by atoms with Crippen molar-refractivity contribution in [3.8, 4) is 0 Å². The quantitative estimate of drug-likeness (QED) is 0.750. The topological polar surface area (TPSA) is 44.4 Å².